The second-order valence-corrected chi connectivity index (χ2v) is 8.95. The number of nitrogens with zero attached hydrogens (tertiary/aromatic N) is 1. The second-order valence-electron chi connectivity index (χ2n) is 8.95. The van der Waals surface area contributed by atoms with Gasteiger partial charge in [-0.25, -0.2) is 0 Å². The Balaban J connectivity index is 0.00000169. The van der Waals surface area contributed by atoms with Crippen molar-refractivity contribution in [2.75, 3.05) is 6.54 Å². The molecule has 2 aliphatic heterocycles. The maximum Gasteiger partial charge on any atom is 0.481 e. The molecule has 5 nitrogen and oxygen atoms in total. The van der Waals surface area contributed by atoms with E-state index in [2.05, 4.69) is 20.8 Å². The van der Waals surface area contributed by atoms with Crippen LogP contribution in [0.5, 0.6) is 0 Å². The Labute approximate surface area is 151 Å². The maximum atomic E-state index is 12.4. The number of rotatable bonds is 2. The highest BCUT2D eigenvalue weighted by Crippen LogP contribution is 2.64. The third-order valence-electron chi connectivity index (χ3n) is 7.12. The van der Waals surface area contributed by atoms with Gasteiger partial charge in [-0.3, -0.25) is 4.79 Å². The van der Waals surface area contributed by atoms with E-state index in [-0.39, 0.29) is 43.1 Å². The summed E-state index contributed by atoms with van der Waals surface area (Å²) in [5, 5.41) is 0. The van der Waals surface area contributed by atoms with E-state index >= 15 is 0 Å². The van der Waals surface area contributed by atoms with Crippen LogP contribution in [0.4, 0.5) is 0 Å². The Morgan fingerprint density at radius 1 is 1.38 bits per heavy atom. The molecular formula is C17H30BClN2O3. The van der Waals surface area contributed by atoms with Gasteiger partial charge < -0.3 is 19.9 Å². The quantitative estimate of drug-likeness (QED) is 0.769. The zero-order chi connectivity index (χ0) is 16.6. The summed E-state index contributed by atoms with van der Waals surface area (Å²) in [4.78, 5) is 14.3. The lowest BCUT2D eigenvalue weighted by atomic mass is 9.45. The molecule has 0 unspecified atom stereocenters. The number of hydrogen-bond acceptors (Lipinski definition) is 4. The Kier molecular flexibility index (Phi) is 4.52. The van der Waals surface area contributed by atoms with Crippen molar-refractivity contribution in [2.24, 2.45) is 23.0 Å². The molecule has 5 aliphatic rings. The van der Waals surface area contributed by atoms with Crippen molar-refractivity contribution in [3.05, 3.63) is 0 Å². The van der Waals surface area contributed by atoms with Gasteiger partial charge in [0, 0.05) is 6.54 Å². The van der Waals surface area contributed by atoms with Crippen molar-refractivity contribution in [3.8, 4) is 0 Å². The van der Waals surface area contributed by atoms with E-state index in [9.17, 15) is 4.79 Å². The predicted molar refractivity (Wildman–Crippen MR) is 95.7 cm³/mol. The van der Waals surface area contributed by atoms with Gasteiger partial charge in [-0.05, 0) is 56.8 Å². The summed E-state index contributed by atoms with van der Waals surface area (Å²) in [6.45, 7) is 9.46. The van der Waals surface area contributed by atoms with E-state index in [4.69, 9.17) is 15.0 Å². The van der Waals surface area contributed by atoms with Gasteiger partial charge in [-0.2, -0.15) is 0 Å². The monoisotopic (exact) mass is 356 g/mol. The van der Waals surface area contributed by atoms with Crippen LogP contribution in [0.1, 0.15) is 53.4 Å². The fraction of sp³-hybridized carbons (Fsp3) is 0.941. The first kappa shape index (κ1) is 18.5. The average molecular weight is 357 g/mol. The van der Waals surface area contributed by atoms with Crippen LogP contribution >= 0.6 is 12.4 Å². The predicted octanol–water partition coefficient (Wildman–Crippen LogP) is 2.01. The molecule has 0 radical (unpaired) electrons. The molecule has 0 spiro atoms. The highest BCUT2D eigenvalue weighted by Gasteiger charge is 2.67. The summed E-state index contributed by atoms with van der Waals surface area (Å²) in [6, 6.07) is -0.457. The van der Waals surface area contributed by atoms with Crippen LogP contribution in [0.15, 0.2) is 0 Å². The summed E-state index contributed by atoms with van der Waals surface area (Å²) in [6.07, 6.45) is 4.46. The van der Waals surface area contributed by atoms with Crippen LogP contribution in [0.25, 0.3) is 0 Å². The SMILES string of the molecule is C[C@@H](N)C(=O)N1CCC[C@H]1B1O[C@@H]2[C@H]3C[C@@H](C[C@]2(C)O1)C3(C)C.Cl. The van der Waals surface area contributed by atoms with Gasteiger partial charge >= 0.3 is 7.12 Å². The summed E-state index contributed by atoms with van der Waals surface area (Å²) in [7, 11) is -0.287. The highest BCUT2D eigenvalue weighted by molar-refractivity contribution is 6.48. The van der Waals surface area contributed by atoms with E-state index in [1.807, 2.05) is 4.90 Å². The van der Waals surface area contributed by atoms with Gasteiger partial charge in [0.2, 0.25) is 5.91 Å². The molecule has 136 valence electrons. The number of amides is 1. The molecule has 5 rings (SSSR count). The third-order valence-corrected chi connectivity index (χ3v) is 7.12. The van der Waals surface area contributed by atoms with Crippen molar-refractivity contribution in [1.29, 1.82) is 0 Å². The van der Waals surface area contributed by atoms with Gasteiger partial charge in [0.15, 0.2) is 0 Å². The lowest BCUT2D eigenvalue weighted by Gasteiger charge is -2.63. The summed E-state index contributed by atoms with van der Waals surface area (Å²) in [5.41, 5.74) is 5.99. The normalized spacial score (nSPS) is 43.7. The van der Waals surface area contributed by atoms with Gasteiger partial charge in [0.05, 0.1) is 23.7 Å². The molecule has 2 saturated heterocycles. The zero-order valence-electron chi connectivity index (χ0n) is 15.2. The summed E-state index contributed by atoms with van der Waals surface area (Å²) < 4.78 is 12.9. The van der Waals surface area contributed by atoms with E-state index in [0.29, 0.717) is 11.3 Å². The number of carbonyl (C=O) groups excluding carboxylic acids is 1. The molecular weight excluding hydrogens is 326 g/mol. The van der Waals surface area contributed by atoms with Crippen molar-refractivity contribution in [1.82, 2.24) is 4.90 Å². The first-order chi connectivity index (χ1) is 10.7. The van der Waals surface area contributed by atoms with Crippen molar-refractivity contribution in [3.63, 3.8) is 0 Å². The van der Waals surface area contributed by atoms with E-state index in [0.717, 1.165) is 31.7 Å². The number of likely N-dealkylation sites (tertiary alicyclic amines) is 1. The topological polar surface area (TPSA) is 64.8 Å². The number of nitrogens with two attached hydrogens (primary N) is 1. The number of hydrogen-bond donors (Lipinski definition) is 1. The summed E-state index contributed by atoms with van der Waals surface area (Å²) >= 11 is 0. The Hall–Kier alpha value is -0.295. The minimum absolute atomic E-state index is 0. The molecule has 1 amide bonds. The average Bonchev–Trinajstić information content (AvgIpc) is 3.08. The summed E-state index contributed by atoms with van der Waals surface area (Å²) in [5.74, 6) is 1.36. The third kappa shape index (κ3) is 2.44. The van der Waals surface area contributed by atoms with Crippen LogP contribution in [0.3, 0.4) is 0 Å². The minimum atomic E-state index is -0.457. The zero-order valence-corrected chi connectivity index (χ0v) is 16.0. The largest absolute Gasteiger partial charge is 0.481 e. The molecule has 2 heterocycles. The highest BCUT2D eigenvalue weighted by atomic mass is 35.5. The minimum Gasteiger partial charge on any atom is -0.404 e. The Morgan fingerprint density at radius 3 is 2.71 bits per heavy atom. The second kappa shape index (κ2) is 5.87. The van der Waals surface area contributed by atoms with Crippen LogP contribution in [0, 0.1) is 17.3 Å². The van der Waals surface area contributed by atoms with E-state index < -0.39 is 6.04 Å². The van der Waals surface area contributed by atoms with Gasteiger partial charge in [-0.1, -0.05) is 13.8 Å². The molecule has 0 aromatic carbocycles. The first-order valence-corrected chi connectivity index (χ1v) is 9.13. The molecule has 0 aromatic rings. The van der Waals surface area contributed by atoms with Crippen LogP contribution < -0.4 is 5.73 Å². The fourth-order valence-corrected chi connectivity index (χ4v) is 5.52. The molecule has 0 aromatic heterocycles. The lowest BCUT2D eigenvalue weighted by molar-refractivity contribution is -0.185. The van der Waals surface area contributed by atoms with Crippen molar-refractivity contribution >= 4 is 25.4 Å². The van der Waals surface area contributed by atoms with Crippen molar-refractivity contribution in [2.45, 2.75) is 77.1 Å². The molecule has 5 fully saturated rings. The number of carbonyl (C=O) groups is 1. The standard InChI is InChI=1S/C17H29BN2O3.ClH/c1-10(19)15(21)20-7-5-6-13(20)18-22-14-12-8-11(16(12,2)3)9-17(14,4)23-18;/h10-14H,5-9,19H2,1-4H3;1H/t10-,11+,12-,13+,14-,17+;/m1./s1. The van der Waals surface area contributed by atoms with Gasteiger partial charge in [0.25, 0.3) is 0 Å². The smallest absolute Gasteiger partial charge is 0.404 e. The van der Waals surface area contributed by atoms with E-state index in [1.165, 1.54) is 6.42 Å². The number of halogens is 1. The van der Waals surface area contributed by atoms with Crippen molar-refractivity contribution < 1.29 is 14.1 Å². The van der Waals surface area contributed by atoms with Gasteiger partial charge in [0.1, 0.15) is 0 Å². The molecule has 2 bridgehead atoms. The molecule has 24 heavy (non-hydrogen) atoms. The maximum absolute atomic E-state index is 12.4. The Morgan fingerprint density at radius 2 is 2.08 bits per heavy atom. The van der Waals surface area contributed by atoms with Crippen LogP contribution in [0.2, 0.25) is 0 Å². The molecule has 3 aliphatic carbocycles. The fourth-order valence-electron chi connectivity index (χ4n) is 5.52. The molecule has 2 N–H and O–H groups in total. The Bertz CT molecular complexity index is 532. The molecule has 6 atom stereocenters. The van der Waals surface area contributed by atoms with Crippen LogP contribution in [-0.4, -0.2) is 48.2 Å². The lowest BCUT2D eigenvalue weighted by Crippen LogP contribution is -2.63. The molecule has 7 heteroatoms. The van der Waals surface area contributed by atoms with E-state index in [1.54, 1.807) is 6.92 Å². The van der Waals surface area contributed by atoms with Crippen LogP contribution in [-0.2, 0) is 14.1 Å². The molecule has 3 saturated carbocycles. The first-order valence-electron chi connectivity index (χ1n) is 9.13. The van der Waals surface area contributed by atoms with Gasteiger partial charge in [-0.15, -0.1) is 12.4 Å².